The second-order valence-corrected chi connectivity index (χ2v) is 4.30. The molecular formula is C13H17NO2. The van der Waals surface area contributed by atoms with Crippen molar-refractivity contribution in [3.8, 4) is 0 Å². The molecule has 1 aromatic carbocycles. The van der Waals surface area contributed by atoms with E-state index in [9.17, 15) is 4.79 Å². The number of carbonyl (C=O) groups excluding carboxylic acids is 1. The summed E-state index contributed by atoms with van der Waals surface area (Å²) in [7, 11) is 0. The van der Waals surface area contributed by atoms with E-state index in [0.29, 0.717) is 12.5 Å². The van der Waals surface area contributed by atoms with E-state index in [1.165, 1.54) is 5.56 Å². The number of carbonyl (C=O) groups is 1. The Kier molecular flexibility index (Phi) is 3.13. The molecule has 16 heavy (non-hydrogen) atoms. The van der Waals surface area contributed by atoms with Crippen molar-refractivity contribution in [2.75, 3.05) is 18.1 Å². The van der Waals surface area contributed by atoms with Gasteiger partial charge in [0.1, 0.15) is 0 Å². The molecule has 3 heteroatoms. The number of rotatable bonds is 2. The minimum Gasteiger partial charge on any atom is -0.449 e. The Bertz CT molecular complexity index is 372. The normalized spacial score (nSPS) is 20.8. The average molecular weight is 219 g/mol. The quantitative estimate of drug-likeness (QED) is 0.765. The molecule has 0 radical (unpaired) electrons. The number of ether oxygens (including phenoxy) is 1. The molecule has 1 aromatic rings. The summed E-state index contributed by atoms with van der Waals surface area (Å²) in [5.74, 6) is 0.444. The fraction of sp³-hybridized carbons (Fsp3) is 0.462. The Morgan fingerprint density at radius 2 is 2.06 bits per heavy atom. The molecule has 1 saturated heterocycles. The summed E-state index contributed by atoms with van der Waals surface area (Å²) >= 11 is 0. The van der Waals surface area contributed by atoms with Gasteiger partial charge in [0.25, 0.3) is 0 Å². The van der Waals surface area contributed by atoms with Gasteiger partial charge in [0.05, 0.1) is 6.61 Å². The lowest BCUT2D eigenvalue weighted by atomic mass is 10.1. The Labute approximate surface area is 96.0 Å². The standard InChI is InChI=1S/C13H17NO2/c1-3-11-8-14(13(15)16-9-11)12-6-4-10(2)5-7-12/h4-7,11H,3,8-9H2,1-2H3/t11-/m1/s1. The number of benzene rings is 1. The number of nitrogens with zero attached hydrogens (tertiary/aromatic N) is 1. The van der Waals surface area contributed by atoms with Crippen molar-refractivity contribution in [1.82, 2.24) is 0 Å². The highest BCUT2D eigenvalue weighted by molar-refractivity contribution is 5.88. The predicted molar refractivity (Wildman–Crippen MR) is 63.7 cm³/mol. The van der Waals surface area contributed by atoms with Crippen LogP contribution in [0, 0.1) is 12.8 Å². The van der Waals surface area contributed by atoms with Gasteiger partial charge >= 0.3 is 6.09 Å². The maximum Gasteiger partial charge on any atom is 0.414 e. The van der Waals surface area contributed by atoms with Gasteiger partial charge in [-0.25, -0.2) is 4.79 Å². The number of amides is 1. The zero-order valence-corrected chi connectivity index (χ0v) is 9.77. The van der Waals surface area contributed by atoms with Gasteiger partial charge in [0.15, 0.2) is 0 Å². The van der Waals surface area contributed by atoms with E-state index in [1.54, 1.807) is 4.90 Å². The first kappa shape index (κ1) is 11.0. The number of cyclic esters (lactones) is 1. The van der Waals surface area contributed by atoms with Crippen LogP contribution in [0.1, 0.15) is 18.9 Å². The molecular weight excluding hydrogens is 202 g/mol. The first-order valence-corrected chi connectivity index (χ1v) is 5.71. The van der Waals surface area contributed by atoms with Crippen molar-refractivity contribution in [2.24, 2.45) is 5.92 Å². The third-order valence-corrected chi connectivity index (χ3v) is 3.03. The van der Waals surface area contributed by atoms with Gasteiger partial charge in [-0.2, -0.15) is 0 Å². The van der Waals surface area contributed by atoms with Gasteiger partial charge in [-0.1, -0.05) is 24.6 Å². The molecule has 0 spiro atoms. The van der Waals surface area contributed by atoms with Crippen LogP contribution in [0.5, 0.6) is 0 Å². The lowest BCUT2D eigenvalue weighted by molar-refractivity contribution is 0.114. The summed E-state index contributed by atoms with van der Waals surface area (Å²) in [5, 5.41) is 0. The highest BCUT2D eigenvalue weighted by Gasteiger charge is 2.26. The highest BCUT2D eigenvalue weighted by Crippen LogP contribution is 2.22. The van der Waals surface area contributed by atoms with Gasteiger partial charge < -0.3 is 4.74 Å². The van der Waals surface area contributed by atoms with Crippen molar-refractivity contribution in [3.05, 3.63) is 29.8 Å². The lowest BCUT2D eigenvalue weighted by Gasteiger charge is -2.31. The Morgan fingerprint density at radius 3 is 2.69 bits per heavy atom. The first-order valence-electron chi connectivity index (χ1n) is 5.71. The molecule has 1 aliphatic rings. The third kappa shape index (κ3) is 2.18. The molecule has 0 bridgehead atoms. The van der Waals surface area contributed by atoms with Crippen LogP contribution in [-0.2, 0) is 4.74 Å². The predicted octanol–water partition coefficient (Wildman–Crippen LogP) is 2.98. The van der Waals surface area contributed by atoms with E-state index in [2.05, 4.69) is 6.92 Å². The number of anilines is 1. The van der Waals surface area contributed by atoms with Crippen LogP contribution in [0.25, 0.3) is 0 Å². The van der Waals surface area contributed by atoms with Gasteiger partial charge in [0, 0.05) is 18.2 Å². The van der Waals surface area contributed by atoms with Crippen LogP contribution in [0.2, 0.25) is 0 Å². The molecule has 1 heterocycles. The molecule has 3 nitrogen and oxygen atoms in total. The van der Waals surface area contributed by atoms with Crippen molar-refractivity contribution in [3.63, 3.8) is 0 Å². The van der Waals surface area contributed by atoms with E-state index in [4.69, 9.17) is 4.74 Å². The van der Waals surface area contributed by atoms with Crippen LogP contribution in [-0.4, -0.2) is 19.2 Å². The monoisotopic (exact) mass is 219 g/mol. The topological polar surface area (TPSA) is 29.5 Å². The van der Waals surface area contributed by atoms with Crippen LogP contribution in [0.4, 0.5) is 10.5 Å². The smallest absolute Gasteiger partial charge is 0.414 e. The summed E-state index contributed by atoms with van der Waals surface area (Å²) in [5.41, 5.74) is 2.12. The zero-order valence-electron chi connectivity index (χ0n) is 9.77. The molecule has 0 aliphatic carbocycles. The molecule has 1 atom stereocenters. The first-order chi connectivity index (χ1) is 7.70. The summed E-state index contributed by atoms with van der Waals surface area (Å²) in [6.45, 7) is 5.47. The fourth-order valence-electron chi connectivity index (χ4n) is 1.83. The minimum absolute atomic E-state index is 0.228. The number of hydrogen-bond donors (Lipinski definition) is 0. The van der Waals surface area contributed by atoms with Gasteiger partial charge in [-0.3, -0.25) is 4.90 Å². The molecule has 0 unspecified atom stereocenters. The van der Waals surface area contributed by atoms with E-state index in [1.807, 2.05) is 31.2 Å². The van der Waals surface area contributed by atoms with Crippen molar-refractivity contribution in [2.45, 2.75) is 20.3 Å². The Morgan fingerprint density at radius 1 is 1.38 bits per heavy atom. The van der Waals surface area contributed by atoms with E-state index >= 15 is 0 Å². The van der Waals surface area contributed by atoms with Gasteiger partial charge in [-0.05, 0) is 25.5 Å². The SMILES string of the molecule is CC[C@H]1COC(=O)N(c2ccc(C)cc2)C1. The molecule has 0 aromatic heterocycles. The van der Waals surface area contributed by atoms with Gasteiger partial charge in [-0.15, -0.1) is 0 Å². The highest BCUT2D eigenvalue weighted by atomic mass is 16.6. The maximum atomic E-state index is 11.6. The largest absolute Gasteiger partial charge is 0.449 e. The zero-order chi connectivity index (χ0) is 11.5. The average Bonchev–Trinajstić information content (AvgIpc) is 2.31. The van der Waals surface area contributed by atoms with Crippen LogP contribution >= 0.6 is 0 Å². The second kappa shape index (κ2) is 4.56. The Hall–Kier alpha value is -1.51. The van der Waals surface area contributed by atoms with Crippen LogP contribution in [0.15, 0.2) is 24.3 Å². The summed E-state index contributed by atoms with van der Waals surface area (Å²) in [4.78, 5) is 13.4. The van der Waals surface area contributed by atoms with E-state index in [-0.39, 0.29) is 6.09 Å². The molecule has 1 amide bonds. The molecule has 0 saturated carbocycles. The second-order valence-electron chi connectivity index (χ2n) is 4.30. The minimum atomic E-state index is -0.228. The van der Waals surface area contributed by atoms with Crippen LogP contribution in [0.3, 0.4) is 0 Å². The van der Waals surface area contributed by atoms with Crippen LogP contribution < -0.4 is 4.90 Å². The molecule has 86 valence electrons. The number of hydrogen-bond acceptors (Lipinski definition) is 2. The summed E-state index contributed by atoms with van der Waals surface area (Å²) in [6, 6.07) is 7.96. The molecule has 1 fully saturated rings. The maximum absolute atomic E-state index is 11.6. The Balaban J connectivity index is 2.17. The summed E-state index contributed by atoms with van der Waals surface area (Å²) < 4.78 is 5.17. The van der Waals surface area contributed by atoms with Gasteiger partial charge in [0.2, 0.25) is 0 Å². The van der Waals surface area contributed by atoms with E-state index in [0.717, 1.165) is 18.7 Å². The third-order valence-electron chi connectivity index (χ3n) is 3.03. The number of aryl methyl sites for hydroxylation is 1. The van der Waals surface area contributed by atoms with E-state index < -0.39 is 0 Å². The van der Waals surface area contributed by atoms with Crippen molar-refractivity contribution in [1.29, 1.82) is 0 Å². The molecule has 0 N–H and O–H groups in total. The van der Waals surface area contributed by atoms with Crippen molar-refractivity contribution < 1.29 is 9.53 Å². The molecule has 2 rings (SSSR count). The fourth-order valence-corrected chi connectivity index (χ4v) is 1.83. The summed E-state index contributed by atoms with van der Waals surface area (Å²) in [6.07, 6.45) is 0.809. The lowest BCUT2D eigenvalue weighted by Crippen LogP contribution is -2.42. The molecule has 1 aliphatic heterocycles. The van der Waals surface area contributed by atoms with Crippen molar-refractivity contribution >= 4 is 11.8 Å².